The van der Waals surface area contributed by atoms with Gasteiger partial charge in [0.05, 0.1) is 11.8 Å². The number of rotatable bonds is 3. The van der Waals surface area contributed by atoms with E-state index in [2.05, 4.69) is 41.9 Å². The Hall–Kier alpha value is -0.610. The van der Waals surface area contributed by atoms with E-state index in [0.29, 0.717) is 11.3 Å². The van der Waals surface area contributed by atoms with Crippen LogP contribution in [-0.4, -0.2) is 29.3 Å². The van der Waals surface area contributed by atoms with Crippen molar-refractivity contribution < 1.29 is 0 Å². The van der Waals surface area contributed by atoms with Gasteiger partial charge in [0.25, 0.3) is 0 Å². The van der Waals surface area contributed by atoms with E-state index in [1.165, 1.54) is 31.2 Å². The lowest BCUT2D eigenvalue weighted by Crippen LogP contribution is -2.36. The van der Waals surface area contributed by atoms with Crippen LogP contribution in [-0.2, 0) is 0 Å². The molecule has 0 spiro atoms. The lowest BCUT2D eigenvalue weighted by Gasteiger charge is -2.28. The van der Waals surface area contributed by atoms with Crippen LogP contribution < -0.4 is 5.32 Å². The van der Waals surface area contributed by atoms with E-state index in [-0.39, 0.29) is 0 Å². The molecule has 1 aromatic carbocycles. The summed E-state index contributed by atoms with van der Waals surface area (Å²) in [5.74, 6) is 0. The summed E-state index contributed by atoms with van der Waals surface area (Å²) in [6.45, 7) is 0.914. The van der Waals surface area contributed by atoms with Crippen molar-refractivity contribution >= 4 is 28.7 Å². The van der Waals surface area contributed by atoms with Gasteiger partial charge in [-0.15, -0.1) is 0 Å². The first-order chi connectivity index (χ1) is 9.85. The number of aliphatic imine (C=N–C) groups is 1. The van der Waals surface area contributed by atoms with Gasteiger partial charge in [-0.05, 0) is 37.5 Å². The van der Waals surface area contributed by atoms with Crippen LogP contribution in [0.4, 0.5) is 0 Å². The summed E-state index contributed by atoms with van der Waals surface area (Å²) in [4.78, 5) is 4.69. The third kappa shape index (κ3) is 3.53. The number of benzene rings is 1. The second-order valence-corrected chi connectivity index (χ2v) is 7.85. The number of amidine groups is 1. The van der Waals surface area contributed by atoms with Crippen LogP contribution in [0.15, 0.2) is 35.3 Å². The van der Waals surface area contributed by atoms with Gasteiger partial charge in [-0.3, -0.25) is 4.99 Å². The van der Waals surface area contributed by atoms with Crippen LogP contribution in [0.3, 0.4) is 0 Å². The van der Waals surface area contributed by atoms with Crippen LogP contribution in [0.2, 0.25) is 0 Å². The molecule has 0 bridgehead atoms. The Bertz CT molecular complexity index is 453. The summed E-state index contributed by atoms with van der Waals surface area (Å²) in [5.41, 5.74) is 1.39. The largest absolute Gasteiger partial charge is 0.362 e. The zero-order chi connectivity index (χ0) is 13.8. The highest BCUT2D eigenvalue weighted by Gasteiger charge is 2.25. The summed E-state index contributed by atoms with van der Waals surface area (Å²) in [5, 5.41) is 6.20. The highest BCUT2D eigenvalue weighted by molar-refractivity contribution is 8.14. The number of nitrogens with zero attached hydrogens (tertiary/aromatic N) is 1. The quantitative estimate of drug-likeness (QED) is 0.910. The molecule has 108 valence electrons. The number of nitrogens with one attached hydrogen (secondary N) is 1. The standard InChI is InChI=1S/C16H22N2S2/c1-19-14-9-7-13(8-10-14)18-16-17-11-15(20-16)12-5-3-2-4-6-12/h2-6,13-15H,7-11H2,1H3,(H,17,18). The zero-order valence-corrected chi connectivity index (χ0v) is 13.6. The molecule has 1 aromatic rings. The number of thioether (sulfide) groups is 2. The molecule has 3 rings (SSSR count). The Kier molecular flexibility index (Phi) is 4.94. The van der Waals surface area contributed by atoms with Crippen LogP contribution in [0, 0.1) is 0 Å². The minimum absolute atomic E-state index is 0.501. The van der Waals surface area contributed by atoms with Crippen molar-refractivity contribution in [2.45, 2.75) is 42.2 Å². The first kappa shape index (κ1) is 14.3. The van der Waals surface area contributed by atoms with Gasteiger partial charge in [0.2, 0.25) is 0 Å². The maximum atomic E-state index is 4.69. The number of hydrogen-bond donors (Lipinski definition) is 1. The maximum Gasteiger partial charge on any atom is 0.157 e. The maximum absolute atomic E-state index is 4.69. The molecular weight excluding hydrogens is 284 g/mol. The summed E-state index contributed by atoms with van der Waals surface area (Å²) in [6.07, 6.45) is 7.51. The van der Waals surface area contributed by atoms with E-state index in [1.54, 1.807) is 0 Å². The van der Waals surface area contributed by atoms with E-state index in [4.69, 9.17) is 4.99 Å². The van der Waals surface area contributed by atoms with Gasteiger partial charge in [-0.2, -0.15) is 11.8 Å². The molecule has 2 aliphatic rings. The summed E-state index contributed by atoms with van der Waals surface area (Å²) in [6, 6.07) is 11.4. The molecule has 1 N–H and O–H groups in total. The van der Waals surface area contributed by atoms with Crippen molar-refractivity contribution in [1.29, 1.82) is 0 Å². The van der Waals surface area contributed by atoms with Gasteiger partial charge < -0.3 is 5.32 Å². The van der Waals surface area contributed by atoms with Crippen molar-refractivity contribution in [2.75, 3.05) is 12.8 Å². The highest BCUT2D eigenvalue weighted by atomic mass is 32.2. The topological polar surface area (TPSA) is 24.4 Å². The minimum atomic E-state index is 0.501. The fourth-order valence-corrected chi connectivity index (χ4v) is 4.75. The van der Waals surface area contributed by atoms with Crippen molar-refractivity contribution in [3.05, 3.63) is 35.9 Å². The van der Waals surface area contributed by atoms with Crippen LogP contribution >= 0.6 is 23.5 Å². The predicted octanol–water partition coefficient (Wildman–Crippen LogP) is 4.09. The Labute approximate surface area is 130 Å². The molecular formula is C16H22N2S2. The van der Waals surface area contributed by atoms with Gasteiger partial charge in [0.15, 0.2) is 5.17 Å². The monoisotopic (exact) mass is 306 g/mol. The van der Waals surface area contributed by atoms with Gasteiger partial charge in [0.1, 0.15) is 0 Å². The molecule has 1 atom stereocenters. The fraction of sp³-hybridized carbons (Fsp3) is 0.562. The molecule has 1 fully saturated rings. The molecule has 0 aromatic heterocycles. The van der Waals surface area contributed by atoms with Gasteiger partial charge in [-0.25, -0.2) is 0 Å². The molecule has 1 aliphatic heterocycles. The Morgan fingerprint density at radius 3 is 2.60 bits per heavy atom. The second kappa shape index (κ2) is 6.90. The first-order valence-electron chi connectivity index (χ1n) is 7.40. The van der Waals surface area contributed by atoms with Crippen LogP contribution in [0.1, 0.15) is 36.5 Å². The van der Waals surface area contributed by atoms with Crippen LogP contribution in [0.5, 0.6) is 0 Å². The third-order valence-electron chi connectivity index (χ3n) is 4.16. The predicted molar refractivity (Wildman–Crippen MR) is 91.8 cm³/mol. The molecule has 2 nitrogen and oxygen atoms in total. The zero-order valence-electron chi connectivity index (χ0n) is 11.9. The molecule has 20 heavy (non-hydrogen) atoms. The van der Waals surface area contributed by atoms with Gasteiger partial charge >= 0.3 is 0 Å². The molecule has 0 saturated heterocycles. The van der Waals surface area contributed by atoms with Crippen LogP contribution in [0.25, 0.3) is 0 Å². The lowest BCUT2D eigenvalue weighted by atomic mass is 9.95. The fourth-order valence-electron chi connectivity index (χ4n) is 2.91. The minimum Gasteiger partial charge on any atom is -0.362 e. The molecule has 1 unspecified atom stereocenters. The normalized spacial score (nSPS) is 30.1. The molecule has 4 heteroatoms. The molecule has 1 heterocycles. The smallest absolute Gasteiger partial charge is 0.157 e. The van der Waals surface area contributed by atoms with E-state index >= 15 is 0 Å². The average molecular weight is 307 g/mol. The summed E-state index contributed by atoms with van der Waals surface area (Å²) in [7, 11) is 0. The Morgan fingerprint density at radius 1 is 1.15 bits per heavy atom. The highest BCUT2D eigenvalue weighted by Crippen LogP contribution is 2.35. The lowest BCUT2D eigenvalue weighted by molar-refractivity contribution is 0.423. The van der Waals surface area contributed by atoms with Crippen molar-refractivity contribution in [1.82, 2.24) is 5.32 Å². The third-order valence-corrected chi connectivity index (χ3v) is 6.48. The first-order valence-corrected chi connectivity index (χ1v) is 9.57. The summed E-state index contributed by atoms with van der Waals surface area (Å²) >= 11 is 3.92. The van der Waals surface area contributed by atoms with Gasteiger partial charge in [-0.1, -0.05) is 42.1 Å². The SMILES string of the molecule is CSC1CCC(NC2=NCC(c3ccccc3)S2)CC1. The van der Waals surface area contributed by atoms with Crippen molar-refractivity contribution in [3.63, 3.8) is 0 Å². The van der Waals surface area contributed by atoms with Gasteiger partial charge in [0, 0.05) is 11.3 Å². The van der Waals surface area contributed by atoms with Crippen molar-refractivity contribution in [3.8, 4) is 0 Å². The van der Waals surface area contributed by atoms with E-state index in [9.17, 15) is 0 Å². The van der Waals surface area contributed by atoms with E-state index in [1.807, 2.05) is 23.5 Å². The Morgan fingerprint density at radius 2 is 1.90 bits per heavy atom. The molecule has 0 radical (unpaired) electrons. The van der Waals surface area contributed by atoms with Crippen molar-refractivity contribution in [2.24, 2.45) is 4.99 Å². The number of hydrogen-bond acceptors (Lipinski definition) is 4. The van der Waals surface area contributed by atoms with E-state index < -0.39 is 0 Å². The molecule has 1 aliphatic carbocycles. The second-order valence-electron chi connectivity index (χ2n) is 5.52. The average Bonchev–Trinajstić information content (AvgIpc) is 2.97. The van der Waals surface area contributed by atoms with E-state index in [0.717, 1.165) is 17.0 Å². The Balaban J connectivity index is 1.49. The summed E-state index contributed by atoms with van der Waals surface area (Å²) < 4.78 is 0. The molecule has 1 saturated carbocycles. The molecule has 0 amide bonds.